The first-order valence-electron chi connectivity index (χ1n) is 13.0. The summed E-state index contributed by atoms with van der Waals surface area (Å²) < 4.78 is 84.0. The molecule has 3 heterocycles. The highest BCUT2D eigenvalue weighted by atomic mass is 19.4. The molecular weight excluding hydrogens is 548 g/mol. The van der Waals surface area contributed by atoms with Crippen LogP contribution in [-0.2, 0) is 36.8 Å². The van der Waals surface area contributed by atoms with E-state index in [1.807, 2.05) is 0 Å². The van der Waals surface area contributed by atoms with Crippen molar-refractivity contribution >= 4 is 5.91 Å². The molecule has 1 aromatic carbocycles. The third kappa shape index (κ3) is 6.26. The fraction of sp³-hybridized carbons (Fsp3) is 0.310. The van der Waals surface area contributed by atoms with E-state index in [9.17, 15) is 31.1 Å². The molecule has 12 heteroatoms. The molecule has 1 atom stereocenters. The highest BCUT2D eigenvalue weighted by Crippen LogP contribution is 2.36. The van der Waals surface area contributed by atoms with Gasteiger partial charge in [-0.3, -0.25) is 14.5 Å². The van der Waals surface area contributed by atoms with Crippen molar-refractivity contribution in [3.63, 3.8) is 0 Å². The minimum Gasteiger partial charge on any atom is -0.346 e. The lowest BCUT2D eigenvalue weighted by Gasteiger charge is -2.22. The summed E-state index contributed by atoms with van der Waals surface area (Å²) in [6, 6.07) is 6.86. The van der Waals surface area contributed by atoms with Crippen LogP contribution in [0.15, 0.2) is 48.8 Å². The maximum Gasteiger partial charge on any atom is 0.435 e. The minimum absolute atomic E-state index is 0.0942. The molecule has 0 saturated heterocycles. The average Bonchev–Trinajstić information content (AvgIpc) is 3.28. The number of amides is 1. The molecule has 214 valence electrons. The molecular formula is C29H25F6N5O. The monoisotopic (exact) mass is 573 g/mol. The Labute approximate surface area is 231 Å². The van der Waals surface area contributed by atoms with Crippen molar-refractivity contribution in [3.05, 3.63) is 100 Å². The molecule has 0 saturated carbocycles. The third-order valence-corrected chi connectivity index (χ3v) is 7.01. The van der Waals surface area contributed by atoms with Gasteiger partial charge in [0.2, 0.25) is 11.9 Å². The van der Waals surface area contributed by atoms with Crippen LogP contribution in [-0.4, -0.2) is 25.7 Å². The van der Waals surface area contributed by atoms with Crippen molar-refractivity contribution in [2.45, 2.75) is 57.8 Å². The van der Waals surface area contributed by atoms with Crippen molar-refractivity contribution in [2.24, 2.45) is 0 Å². The zero-order valence-electron chi connectivity index (χ0n) is 21.9. The van der Waals surface area contributed by atoms with Gasteiger partial charge in [-0.2, -0.15) is 22.7 Å². The smallest absolute Gasteiger partial charge is 0.346 e. The van der Waals surface area contributed by atoms with Crippen molar-refractivity contribution < 1.29 is 31.1 Å². The number of pyridine rings is 2. The van der Waals surface area contributed by atoms with Crippen LogP contribution in [0.2, 0.25) is 0 Å². The van der Waals surface area contributed by atoms with E-state index in [-0.39, 0.29) is 29.5 Å². The number of hydrogen-bond acceptors (Lipinski definition) is 4. The summed E-state index contributed by atoms with van der Waals surface area (Å²) in [5, 5.41) is 6.52. The van der Waals surface area contributed by atoms with Gasteiger partial charge in [0.15, 0.2) is 5.69 Å². The number of carbonyl (C=O) groups excluding carboxylic acids is 1. The van der Waals surface area contributed by atoms with Gasteiger partial charge >= 0.3 is 6.18 Å². The molecule has 1 amide bonds. The number of benzene rings is 1. The lowest BCUT2D eigenvalue weighted by Crippen LogP contribution is -2.34. The Hall–Kier alpha value is -4.22. The Morgan fingerprint density at radius 2 is 1.78 bits per heavy atom. The molecule has 0 fully saturated rings. The number of nitrogens with zero attached hydrogens (tertiary/aromatic N) is 4. The summed E-state index contributed by atoms with van der Waals surface area (Å²) >= 11 is 0. The number of fused-ring (bicyclic) bond motifs is 1. The molecule has 3 aromatic heterocycles. The lowest BCUT2D eigenvalue weighted by atomic mass is 9.95. The molecule has 0 spiro atoms. The maximum atomic E-state index is 14.0. The van der Waals surface area contributed by atoms with Gasteiger partial charge in [-0.05, 0) is 68.9 Å². The molecule has 1 aliphatic rings. The molecule has 6 nitrogen and oxygen atoms in total. The summed E-state index contributed by atoms with van der Waals surface area (Å²) in [5.74, 6) is -2.94. The molecule has 0 aliphatic heterocycles. The fourth-order valence-electron chi connectivity index (χ4n) is 5.23. The summed E-state index contributed by atoms with van der Waals surface area (Å²) in [5.41, 5.74) is 1.26. The standard InChI is InChI=1S/C29H25F6N5O/c1-16-9-18(14-37-28(16)32)21-6-4-8-36-26(21)23(12-17-10-19(30)13-20(31)11-17)38-25(41)15-40-24-7-3-2-5-22(24)27(39-40)29(33,34)35/h4,6,8-11,13-14,23H,2-3,5,7,12,15H2,1H3,(H,38,41). The van der Waals surface area contributed by atoms with E-state index < -0.39 is 47.9 Å². The molecule has 0 radical (unpaired) electrons. The first-order chi connectivity index (χ1) is 19.5. The quantitative estimate of drug-likeness (QED) is 0.215. The van der Waals surface area contributed by atoms with E-state index in [1.165, 1.54) is 19.3 Å². The van der Waals surface area contributed by atoms with Crippen LogP contribution in [0, 0.1) is 24.5 Å². The minimum atomic E-state index is -4.66. The number of alkyl halides is 3. The van der Waals surface area contributed by atoms with Gasteiger partial charge in [-0.15, -0.1) is 0 Å². The van der Waals surface area contributed by atoms with E-state index in [0.29, 0.717) is 41.8 Å². The van der Waals surface area contributed by atoms with E-state index >= 15 is 0 Å². The second-order valence-electron chi connectivity index (χ2n) is 10.0. The van der Waals surface area contributed by atoms with Crippen LogP contribution in [0.4, 0.5) is 26.3 Å². The lowest BCUT2D eigenvalue weighted by molar-refractivity contribution is -0.142. The van der Waals surface area contributed by atoms with Crippen LogP contribution < -0.4 is 5.32 Å². The Balaban J connectivity index is 1.50. The van der Waals surface area contributed by atoms with Crippen molar-refractivity contribution in [2.75, 3.05) is 0 Å². The van der Waals surface area contributed by atoms with Crippen LogP contribution in [0.3, 0.4) is 0 Å². The number of aryl methyl sites for hydroxylation is 1. The number of aromatic nitrogens is 4. The maximum absolute atomic E-state index is 14.0. The molecule has 0 bridgehead atoms. The van der Waals surface area contributed by atoms with E-state index in [4.69, 9.17) is 0 Å². The average molecular weight is 574 g/mol. The van der Waals surface area contributed by atoms with Crippen molar-refractivity contribution in [3.8, 4) is 11.1 Å². The highest BCUT2D eigenvalue weighted by Gasteiger charge is 2.39. The largest absolute Gasteiger partial charge is 0.435 e. The summed E-state index contributed by atoms with van der Waals surface area (Å²) in [6.07, 6.45) is -0.124. The van der Waals surface area contributed by atoms with Crippen LogP contribution in [0.25, 0.3) is 11.1 Å². The zero-order valence-corrected chi connectivity index (χ0v) is 21.9. The number of halogens is 6. The second kappa shape index (κ2) is 11.3. The summed E-state index contributed by atoms with van der Waals surface area (Å²) in [4.78, 5) is 21.5. The Bertz CT molecular complexity index is 1580. The normalized spacial score (nSPS) is 14.0. The predicted molar refractivity (Wildman–Crippen MR) is 137 cm³/mol. The topological polar surface area (TPSA) is 72.7 Å². The van der Waals surface area contributed by atoms with Crippen LogP contribution in [0.1, 0.15) is 52.7 Å². The highest BCUT2D eigenvalue weighted by molar-refractivity contribution is 5.77. The number of rotatable bonds is 7. The van der Waals surface area contributed by atoms with Crippen molar-refractivity contribution in [1.29, 1.82) is 0 Å². The molecule has 4 aromatic rings. The first kappa shape index (κ1) is 28.3. The van der Waals surface area contributed by atoms with Gasteiger partial charge in [0, 0.05) is 46.4 Å². The number of nitrogens with one attached hydrogen (secondary N) is 1. The van der Waals surface area contributed by atoms with Crippen LogP contribution >= 0.6 is 0 Å². The van der Waals surface area contributed by atoms with E-state index in [0.717, 1.165) is 22.9 Å². The Morgan fingerprint density at radius 3 is 2.49 bits per heavy atom. The van der Waals surface area contributed by atoms with E-state index in [2.05, 4.69) is 20.4 Å². The molecule has 41 heavy (non-hydrogen) atoms. The molecule has 1 aliphatic carbocycles. The molecule has 5 rings (SSSR count). The van der Waals surface area contributed by atoms with Gasteiger partial charge in [-0.1, -0.05) is 6.07 Å². The Kier molecular flexibility index (Phi) is 7.83. The van der Waals surface area contributed by atoms with E-state index in [1.54, 1.807) is 18.2 Å². The fourth-order valence-corrected chi connectivity index (χ4v) is 5.23. The third-order valence-electron chi connectivity index (χ3n) is 7.01. The summed E-state index contributed by atoms with van der Waals surface area (Å²) in [6.45, 7) is 1.04. The molecule has 1 unspecified atom stereocenters. The zero-order chi connectivity index (χ0) is 29.3. The van der Waals surface area contributed by atoms with Gasteiger partial charge in [0.1, 0.15) is 18.2 Å². The first-order valence-corrected chi connectivity index (χ1v) is 13.0. The van der Waals surface area contributed by atoms with Gasteiger partial charge in [0.25, 0.3) is 0 Å². The number of hydrogen-bond donors (Lipinski definition) is 1. The molecule has 1 N–H and O–H groups in total. The predicted octanol–water partition coefficient (Wildman–Crippen LogP) is 6.06. The van der Waals surface area contributed by atoms with Crippen LogP contribution in [0.5, 0.6) is 0 Å². The van der Waals surface area contributed by atoms with Crippen molar-refractivity contribution in [1.82, 2.24) is 25.1 Å². The second-order valence-corrected chi connectivity index (χ2v) is 10.0. The van der Waals surface area contributed by atoms with Gasteiger partial charge in [-0.25, -0.2) is 13.8 Å². The SMILES string of the molecule is Cc1cc(-c2cccnc2C(Cc2cc(F)cc(F)c2)NC(=O)Cn2nc(C(F)(F)F)c3c2CCCC3)cnc1F. The summed E-state index contributed by atoms with van der Waals surface area (Å²) in [7, 11) is 0. The Morgan fingerprint density at radius 1 is 1.05 bits per heavy atom. The van der Waals surface area contributed by atoms with Gasteiger partial charge < -0.3 is 5.32 Å². The van der Waals surface area contributed by atoms with Gasteiger partial charge in [0.05, 0.1) is 11.7 Å². The number of carbonyl (C=O) groups is 1.